The summed E-state index contributed by atoms with van der Waals surface area (Å²) < 4.78 is 42.9. The highest BCUT2D eigenvalue weighted by Crippen LogP contribution is 2.42. The van der Waals surface area contributed by atoms with Gasteiger partial charge in [0.05, 0.1) is 24.5 Å². The standard InChI is InChI=1S/C16H18F3N9/c1-2-20-14-12(16(17,18)19)9-21-15(25-14)24-13-3-4-23-28(13)11-7-10(8-11)27-6-5-22-26-27/h3-6,9-11H,2,7-8H2,1H3,(H2,20,21,24,25)/t10-,11-. The van der Waals surface area contributed by atoms with Gasteiger partial charge in [-0.1, -0.05) is 5.21 Å². The second kappa shape index (κ2) is 7.09. The van der Waals surface area contributed by atoms with E-state index in [1.54, 1.807) is 30.1 Å². The minimum Gasteiger partial charge on any atom is -0.370 e. The van der Waals surface area contributed by atoms with Crippen molar-refractivity contribution in [1.29, 1.82) is 0 Å². The number of hydrogen-bond acceptors (Lipinski definition) is 7. The first kappa shape index (κ1) is 18.2. The van der Waals surface area contributed by atoms with Crippen LogP contribution < -0.4 is 10.6 Å². The van der Waals surface area contributed by atoms with Crippen LogP contribution in [0.25, 0.3) is 0 Å². The van der Waals surface area contributed by atoms with Gasteiger partial charge >= 0.3 is 6.18 Å². The summed E-state index contributed by atoms with van der Waals surface area (Å²) in [6.07, 6.45) is 2.99. The van der Waals surface area contributed by atoms with Crippen LogP contribution in [0.1, 0.15) is 37.4 Å². The third-order valence-electron chi connectivity index (χ3n) is 4.60. The first-order valence-corrected chi connectivity index (χ1v) is 8.80. The lowest BCUT2D eigenvalue weighted by Crippen LogP contribution is -2.30. The van der Waals surface area contributed by atoms with Crippen molar-refractivity contribution >= 4 is 17.6 Å². The molecule has 0 saturated heterocycles. The Morgan fingerprint density at radius 1 is 1.21 bits per heavy atom. The Morgan fingerprint density at radius 2 is 2.04 bits per heavy atom. The molecule has 1 fully saturated rings. The van der Waals surface area contributed by atoms with Crippen LogP contribution in [0.15, 0.2) is 30.9 Å². The molecule has 0 bridgehead atoms. The van der Waals surface area contributed by atoms with Crippen molar-refractivity contribution < 1.29 is 13.2 Å². The van der Waals surface area contributed by atoms with Crippen molar-refractivity contribution in [1.82, 2.24) is 34.7 Å². The zero-order chi connectivity index (χ0) is 19.7. The van der Waals surface area contributed by atoms with Gasteiger partial charge in [-0.3, -0.25) is 0 Å². The molecule has 28 heavy (non-hydrogen) atoms. The van der Waals surface area contributed by atoms with Crippen molar-refractivity contribution in [2.45, 2.75) is 38.0 Å². The molecule has 2 N–H and O–H groups in total. The number of aromatic nitrogens is 7. The van der Waals surface area contributed by atoms with E-state index in [1.807, 2.05) is 10.9 Å². The zero-order valence-corrected chi connectivity index (χ0v) is 14.9. The summed E-state index contributed by atoms with van der Waals surface area (Å²) in [6, 6.07) is 2.14. The average molecular weight is 393 g/mol. The van der Waals surface area contributed by atoms with Crippen molar-refractivity contribution in [3.63, 3.8) is 0 Å². The Bertz CT molecular complexity index is 929. The van der Waals surface area contributed by atoms with Gasteiger partial charge in [0.1, 0.15) is 17.2 Å². The van der Waals surface area contributed by atoms with E-state index in [0.717, 1.165) is 19.0 Å². The maximum atomic E-state index is 13.1. The molecule has 0 radical (unpaired) electrons. The number of nitrogens with one attached hydrogen (secondary N) is 2. The summed E-state index contributed by atoms with van der Waals surface area (Å²) in [7, 11) is 0. The topological polar surface area (TPSA) is 98.4 Å². The molecule has 0 spiro atoms. The van der Waals surface area contributed by atoms with E-state index in [-0.39, 0.29) is 23.8 Å². The van der Waals surface area contributed by atoms with Gasteiger partial charge in [-0.15, -0.1) is 5.10 Å². The molecule has 1 saturated carbocycles. The van der Waals surface area contributed by atoms with Crippen LogP contribution in [0.2, 0.25) is 0 Å². The molecular formula is C16H18F3N9. The fourth-order valence-corrected chi connectivity index (χ4v) is 3.16. The maximum Gasteiger partial charge on any atom is 0.421 e. The fourth-order valence-electron chi connectivity index (χ4n) is 3.16. The Kier molecular flexibility index (Phi) is 4.61. The third-order valence-corrected chi connectivity index (χ3v) is 4.60. The second-order valence-corrected chi connectivity index (χ2v) is 6.43. The summed E-state index contributed by atoms with van der Waals surface area (Å²) in [5.41, 5.74) is -0.900. The lowest BCUT2D eigenvalue weighted by Gasteiger charge is -2.35. The van der Waals surface area contributed by atoms with Crippen LogP contribution in [0.4, 0.5) is 30.8 Å². The Morgan fingerprint density at radius 3 is 2.71 bits per heavy atom. The number of alkyl halides is 3. The van der Waals surface area contributed by atoms with Gasteiger partial charge in [0, 0.05) is 25.0 Å². The number of hydrogen-bond donors (Lipinski definition) is 2. The van der Waals surface area contributed by atoms with Crippen molar-refractivity contribution in [2.24, 2.45) is 0 Å². The van der Waals surface area contributed by atoms with Crippen LogP contribution in [0, 0.1) is 0 Å². The predicted molar refractivity (Wildman–Crippen MR) is 94.0 cm³/mol. The number of rotatable bonds is 6. The van der Waals surface area contributed by atoms with Crippen LogP contribution in [0.5, 0.6) is 0 Å². The van der Waals surface area contributed by atoms with Gasteiger partial charge in [-0.25, -0.2) is 14.3 Å². The summed E-state index contributed by atoms with van der Waals surface area (Å²) >= 11 is 0. The largest absolute Gasteiger partial charge is 0.421 e. The van der Waals surface area contributed by atoms with Crippen LogP contribution in [-0.4, -0.2) is 41.3 Å². The molecule has 0 aliphatic heterocycles. The maximum absolute atomic E-state index is 13.1. The van der Waals surface area contributed by atoms with E-state index in [0.29, 0.717) is 12.4 Å². The van der Waals surface area contributed by atoms with E-state index in [4.69, 9.17) is 0 Å². The molecule has 0 unspecified atom stereocenters. The molecular weight excluding hydrogens is 375 g/mol. The van der Waals surface area contributed by atoms with Crippen LogP contribution in [-0.2, 0) is 6.18 Å². The molecule has 12 heteroatoms. The molecule has 3 heterocycles. The average Bonchev–Trinajstić information content (AvgIpc) is 3.26. The summed E-state index contributed by atoms with van der Waals surface area (Å²) in [4.78, 5) is 7.80. The molecule has 148 valence electrons. The molecule has 9 nitrogen and oxygen atoms in total. The van der Waals surface area contributed by atoms with E-state index in [2.05, 4.69) is 36.0 Å². The van der Waals surface area contributed by atoms with E-state index in [1.165, 1.54) is 0 Å². The molecule has 3 aromatic rings. The molecule has 3 aromatic heterocycles. The Labute approximate surface area is 158 Å². The first-order chi connectivity index (χ1) is 13.5. The number of anilines is 3. The summed E-state index contributed by atoms with van der Waals surface area (Å²) in [5, 5.41) is 17.7. The molecule has 1 aliphatic carbocycles. The SMILES string of the molecule is CCNc1nc(Nc2ccnn2[C@H]2C[C@H](n3ccnn3)C2)ncc1C(F)(F)F. The minimum absolute atomic E-state index is 0.0675. The van der Waals surface area contributed by atoms with Gasteiger partial charge in [-0.2, -0.15) is 23.3 Å². The van der Waals surface area contributed by atoms with Gasteiger partial charge in [0.2, 0.25) is 5.95 Å². The molecule has 4 rings (SSSR count). The van der Waals surface area contributed by atoms with Crippen LogP contribution in [0.3, 0.4) is 0 Å². The highest BCUT2D eigenvalue weighted by molar-refractivity contribution is 5.54. The predicted octanol–water partition coefficient (Wildman–Crippen LogP) is 3.04. The minimum atomic E-state index is -4.53. The smallest absolute Gasteiger partial charge is 0.370 e. The summed E-state index contributed by atoms with van der Waals surface area (Å²) in [6.45, 7) is 2.01. The fraction of sp³-hybridized carbons (Fsp3) is 0.438. The molecule has 0 amide bonds. The van der Waals surface area contributed by atoms with Gasteiger partial charge in [0.25, 0.3) is 0 Å². The molecule has 0 atom stereocenters. The van der Waals surface area contributed by atoms with Gasteiger partial charge in [0.15, 0.2) is 0 Å². The lowest BCUT2D eigenvalue weighted by molar-refractivity contribution is -0.137. The zero-order valence-electron chi connectivity index (χ0n) is 14.9. The van der Waals surface area contributed by atoms with Crippen molar-refractivity contribution in [2.75, 3.05) is 17.2 Å². The summed E-state index contributed by atoms with van der Waals surface area (Å²) in [5.74, 6) is 0.426. The van der Waals surface area contributed by atoms with Gasteiger partial charge in [-0.05, 0) is 19.8 Å². The van der Waals surface area contributed by atoms with Crippen molar-refractivity contribution in [3.8, 4) is 0 Å². The first-order valence-electron chi connectivity index (χ1n) is 8.80. The normalized spacial score (nSPS) is 19.3. The lowest BCUT2D eigenvalue weighted by atomic mass is 9.87. The monoisotopic (exact) mass is 393 g/mol. The van der Waals surface area contributed by atoms with Crippen LogP contribution >= 0.6 is 0 Å². The Hall–Kier alpha value is -3.18. The molecule has 1 aliphatic rings. The highest BCUT2D eigenvalue weighted by Gasteiger charge is 2.36. The second-order valence-electron chi connectivity index (χ2n) is 6.43. The van der Waals surface area contributed by atoms with Gasteiger partial charge < -0.3 is 10.6 Å². The highest BCUT2D eigenvalue weighted by atomic mass is 19.4. The number of nitrogens with zero attached hydrogens (tertiary/aromatic N) is 7. The third kappa shape index (κ3) is 3.49. The van der Waals surface area contributed by atoms with E-state index >= 15 is 0 Å². The number of halogens is 3. The Balaban J connectivity index is 1.50. The molecule has 0 aromatic carbocycles. The van der Waals surface area contributed by atoms with Crippen molar-refractivity contribution in [3.05, 3.63) is 36.4 Å². The quantitative estimate of drug-likeness (QED) is 0.664. The van der Waals surface area contributed by atoms with E-state index in [9.17, 15) is 13.2 Å². The van der Waals surface area contributed by atoms with E-state index < -0.39 is 11.7 Å².